The molecule has 0 spiro atoms. The summed E-state index contributed by atoms with van der Waals surface area (Å²) >= 11 is 0. The van der Waals surface area contributed by atoms with Gasteiger partial charge in [-0.1, -0.05) is 37.3 Å². The number of rotatable bonds is 6. The predicted octanol–water partition coefficient (Wildman–Crippen LogP) is 2.88. The van der Waals surface area contributed by atoms with Crippen molar-refractivity contribution in [3.8, 4) is 0 Å². The lowest BCUT2D eigenvalue weighted by Crippen LogP contribution is -2.26. The quantitative estimate of drug-likeness (QED) is 0.646. The van der Waals surface area contributed by atoms with Gasteiger partial charge in [0.05, 0.1) is 15.9 Å². The van der Waals surface area contributed by atoms with Gasteiger partial charge in [-0.3, -0.25) is 10.1 Å². The summed E-state index contributed by atoms with van der Waals surface area (Å²) in [4.78, 5) is 10.3. The van der Waals surface area contributed by atoms with E-state index in [1.54, 1.807) is 25.1 Å². The normalized spacial score (nSPS) is 14.2. The van der Waals surface area contributed by atoms with Gasteiger partial charge in [-0.05, 0) is 24.1 Å². The summed E-state index contributed by atoms with van der Waals surface area (Å²) in [6, 6.07) is 13.1. The third kappa shape index (κ3) is 3.57. The second-order valence-electron chi connectivity index (χ2n) is 5.10. The fraction of sp³-hybridized carbons (Fsp3) is 0.250. The third-order valence-corrected chi connectivity index (χ3v) is 5.79. The number of sulfone groups is 1. The van der Waals surface area contributed by atoms with Crippen molar-refractivity contribution in [2.75, 3.05) is 0 Å². The largest absolute Gasteiger partial charge is 0.391 e. The van der Waals surface area contributed by atoms with Crippen molar-refractivity contribution in [1.29, 1.82) is 0 Å². The zero-order valence-corrected chi connectivity index (χ0v) is 13.3. The summed E-state index contributed by atoms with van der Waals surface area (Å²) in [5.74, 6) is 0. The van der Waals surface area contributed by atoms with Crippen LogP contribution in [0.4, 0.5) is 5.69 Å². The van der Waals surface area contributed by atoms with E-state index in [1.165, 1.54) is 36.4 Å². The minimum absolute atomic E-state index is 0.107. The van der Waals surface area contributed by atoms with Crippen molar-refractivity contribution in [3.05, 3.63) is 70.3 Å². The Hall–Kier alpha value is -2.25. The Bertz CT molecular complexity index is 772. The van der Waals surface area contributed by atoms with E-state index in [-0.39, 0.29) is 17.0 Å². The van der Waals surface area contributed by atoms with Crippen molar-refractivity contribution in [3.63, 3.8) is 0 Å². The first-order valence-electron chi connectivity index (χ1n) is 7.09. The summed E-state index contributed by atoms with van der Waals surface area (Å²) in [6.45, 7) is 1.68. The maximum Gasteiger partial charge on any atom is 0.269 e. The van der Waals surface area contributed by atoms with E-state index in [0.717, 1.165) is 0 Å². The fourth-order valence-corrected chi connectivity index (χ4v) is 4.32. The van der Waals surface area contributed by atoms with Crippen LogP contribution in [0, 0.1) is 10.1 Å². The molecule has 7 heteroatoms. The first-order chi connectivity index (χ1) is 10.9. The lowest BCUT2D eigenvalue weighted by Gasteiger charge is -2.22. The molecule has 2 aromatic carbocycles. The first kappa shape index (κ1) is 17.1. The molecule has 0 radical (unpaired) electrons. The van der Waals surface area contributed by atoms with E-state index in [1.807, 2.05) is 0 Å². The smallest absolute Gasteiger partial charge is 0.269 e. The van der Waals surface area contributed by atoms with Crippen molar-refractivity contribution in [2.45, 2.75) is 29.6 Å². The van der Waals surface area contributed by atoms with Crippen molar-refractivity contribution < 1.29 is 18.4 Å². The van der Waals surface area contributed by atoms with Gasteiger partial charge in [-0.2, -0.15) is 0 Å². The van der Waals surface area contributed by atoms with Gasteiger partial charge in [-0.15, -0.1) is 0 Å². The first-order valence-corrected chi connectivity index (χ1v) is 8.64. The molecule has 1 N–H and O–H groups in total. The van der Waals surface area contributed by atoms with Gasteiger partial charge in [0, 0.05) is 12.1 Å². The summed E-state index contributed by atoms with van der Waals surface area (Å²) in [7, 11) is -3.82. The summed E-state index contributed by atoms with van der Waals surface area (Å²) in [5.41, 5.74) is 0.199. The Morgan fingerprint density at radius 2 is 1.65 bits per heavy atom. The van der Waals surface area contributed by atoms with Crippen LogP contribution >= 0.6 is 0 Å². The molecule has 0 aromatic heterocycles. The Morgan fingerprint density at radius 3 is 2.13 bits per heavy atom. The topological polar surface area (TPSA) is 97.5 Å². The molecule has 2 rings (SSSR count). The molecule has 6 nitrogen and oxygen atoms in total. The second-order valence-corrected chi connectivity index (χ2v) is 7.17. The average Bonchev–Trinajstić information content (AvgIpc) is 2.56. The van der Waals surface area contributed by atoms with Crippen LogP contribution in [-0.2, 0) is 9.84 Å². The molecule has 2 atom stereocenters. The molecule has 0 aliphatic rings. The maximum absolute atomic E-state index is 12.9. The fourth-order valence-electron chi connectivity index (χ4n) is 2.36. The molecular weight excluding hydrogens is 318 g/mol. The van der Waals surface area contributed by atoms with Crippen LogP contribution in [-0.4, -0.2) is 24.6 Å². The monoisotopic (exact) mass is 335 g/mol. The average molecular weight is 335 g/mol. The zero-order chi connectivity index (χ0) is 17.0. The third-order valence-electron chi connectivity index (χ3n) is 3.61. The van der Waals surface area contributed by atoms with E-state index >= 15 is 0 Å². The molecular formula is C16H17NO5S. The van der Waals surface area contributed by atoms with Crippen molar-refractivity contribution >= 4 is 15.5 Å². The molecule has 0 saturated carbocycles. The van der Waals surface area contributed by atoms with E-state index in [2.05, 4.69) is 0 Å². The Labute approximate surface area is 134 Å². The number of nitro groups is 1. The highest BCUT2D eigenvalue weighted by Gasteiger charge is 2.34. The Kier molecular flexibility index (Phi) is 5.12. The maximum atomic E-state index is 12.9. The van der Waals surface area contributed by atoms with Gasteiger partial charge in [0.25, 0.3) is 5.69 Å². The summed E-state index contributed by atoms with van der Waals surface area (Å²) in [5, 5.41) is 19.8. The number of hydrogen-bond donors (Lipinski definition) is 1. The van der Waals surface area contributed by atoms with Crippen LogP contribution in [0.2, 0.25) is 0 Å². The number of hydrogen-bond acceptors (Lipinski definition) is 5. The molecule has 2 aromatic rings. The minimum atomic E-state index is -3.82. The Balaban J connectivity index is 2.51. The molecule has 2 unspecified atom stereocenters. The van der Waals surface area contributed by atoms with Crippen LogP contribution in [0.3, 0.4) is 0 Å². The van der Waals surface area contributed by atoms with Crippen LogP contribution in [0.1, 0.15) is 24.2 Å². The van der Waals surface area contributed by atoms with E-state index < -0.39 is 26.1 Å². The molecule has 0 bridgehead atoms. The van der Waals surface area contributed by atoms with Gasteiger partial charge in [0.2, 0.25) is 0 Å². The molecule has 0 aliphatic carbocycles. The molecule has 0 amide bonds. The van der Waals surface area contributed by atoms with E-state index in [0.29, 0.717) is 5.56 Å². The standard InChI is InChI=1S/C16H17NO5S/c1-2-15(18)16(12-8-10-13(11-9-12)17(19)20)23(21,22)14-6-4-3-5-7-14/h3-11,15-16,18H,2H2,1H3. The van der Waals surface area contributed by atoms with Crippen LogP contribution in [0.15, 0.2) is 59.5 Å². The van der Waals surface area contributed by atoms with Gasteiger partial charge in [0.15, 0.2) is 9.84 Å². The summed E-state index contributed by atoms with van der Waals surface area (Å²) < 4.78 is 25.7. The highest BCUT2D eigenvalue weighted by molar-refractivity contribution is 7.91. The van der Waals surface area contributed by atoms with E-state index in [4.69, 9.17) is 0 Å². The molecule has 122 valence electrons. The predicted molar refractivity (Wildman–Crippen MR) is 85.8 cm³/mol. The number of aliphatic hydroxyl groups excluding tert-OH is 1. The lowest BCUT2D eigenvalue weighted by molar-refractivity contribution is -0.384. The van der Waals surface area contributed by atoms with E-state index in [9.17, 15) is 23.6 Å². The van der Waals surface area contributed by atoms with Crippen LogP contribution in [0.5, 0.6) is 0 Å². The Morgan fingerprint density at radius 1 is 1.09 bits per heavy atom. The number of non-ortho nitro benzene ring substituents is 1. The zero-order valence-electron chi connectivity index (χ0n) is 12.5. The van der Waals surface area contributed by atoms with Gasteiger partial charge < -0.3 is 5.11 Å². The second kappa shape index (κ2) is 6.89. The lowest BCUT2D eigenvalue weighted by atomic mass is 10.1. The van der Waals surface area contributed by atoms with Gasteiger partial charge >= 0.3 is 0 Å². The minimum Gasteiger partial charge on any atom is -0.391 e. The van der Waals surface area contributed by atoms with Gasteiger partial charge in [0.1, 0.15) is 5.25 Å². The molecule has 0 aliphatic heterocycles. The molecule has 0 heterocycles. The summed E-state index contributed by atoms with van der Waals surface area (Å²) in [6.07, 6.45) is -0.866. The highest BCUT2D eigenvalue weighted by Crippen LogP contribution is 2.33. The van der Waals surface area contributed by atoms with Crippen molar-refractivity contribution in [2.24, 2.45) is 0 Å². The van der Waals surface area contributed by atoms with Crippen LogP contribution in [0.25, 0.3) is 0 Å². The SMILES string of the molecule is CCC(O)C(c1ccc([N+](=O)[O-])cc1)S(=O)(=O)c1ccccc1. The molecule has 0 saturated heterocycles. The number of nitro benzene ring substituents is 1. The van der Waals surface area contributed by atoms with Gasteiger partial charge in [-0.25, -0.2) is 8.42 Å². The number of aliphatic hydroxyl groups is 1. The number of benzene rings is 2. The molecule has 23 heavy (non-hydrogen) atoms. The van der Waals surface area contributed by atoms with Crippen LogP contribution < -0.4 is 0 Å². The van der Waals surface area contributed by atoms with Crippen molar-refractivity contribution in [1.82, 2.24) is 0 Å². The highest BCUT2D eigenvalue weighted by atomic mass is 32.2. The number of nitrogens with zero attached hydrogens (tertiary/aromatic N) is 1. The molecule has 0 fully saturated rings.